The normalized spacial score (nSPS) is 39.9. The molecular weight excluding hydrogens is 256 g/mol. The number of hydrogen-bond acceptors (Lipinski definition) is 1. The molecule has 4 atom stereocenters. The monoisotopic (exact) mass is 276 g/mol. The van der Waals surface area contributed by atoms with Crippen molar-refractivity contribution < 1.29 is 4.74 Å². The molecule has 82 valence electrons. The summed E-state index contributed by atoms with van der Waals surface area (Å²) >= 11 is 3.87. The van der Waals surface area contributed by atoms with Gasteiger partial charge in [0.1, 0.15) is 0 Å². The van der Waals surface area contributed by atoms with Crippen LogP contribution in [0.1, 0.15) is 25.7 Å². The molecular formula is C11H21BrOSi. The summed E-state index contributed by atoms with van der Waals surface area (Å²) < 4.78 is 6.80. The molecule has 0 aromatic heterocycles. The van der Waals surface area contributed by atoms with Gasteiger partial charge in [-0.2, -0.15) is 0 Å². The van der Waals surface area contributed by atoms with Gasteiger partial charge in [0, 0.05) is 4.45 Å². The highest BCUT2D eigenvalue weighted by molar-refractivity contribution is 9.10. The van der Waals surface area contributed by atoms with Crippen LogP contribution >= 0.6 is 15.9 Å². The summed E-state index contributed by atoms with van der Waals surface area (Å²) in [5.74, 6) is 0.886. The van der Waals surface area contributed by atoms with Crippen LogP contribution in [0.5, 0.6) is 0 Å². The maximum Gasteiger partial charge on any atom is 0.0682 e. The van der Waals surface area contributed by atoms with Gasteiger partial charge >= 0.3 is 0 Å². The second-order valence-electron chi connectivity index (χ2n) is 5.91. The fourth-order valence-corrected chi connectivity index (χ4v) is 4.45. The molecule has 1 saturated heterocycles. The van der Waals surface area contributed by atoms with E-state index in [9.17, 15) is 0 Å². The van der Waals surface area contributed by atoms with E-state index in [1.807, 2.05) is 0 Å². The first-order chi connectivity index (χ1) is 6.48. The average molecular weight is 277 g/mol. The summed E-state index contributed by atoms with van der Waals surface area (Å²) in [7, 11) is -1.08. The lowest BCUT2D eigenvalue weighted by atomic mass is 10.0. The Labute approximate surface area is 96.7 Å². The molecule has 3 heteroatoms. The third kappa shape index (κ3) is 2.09. The van der Waals surface area contributed by atoms with Crippen molar-refractivity contribution in [2.24, 2.45) is 5.92 Å². The van der Waals surface area contributed by atoms with E-state index in [-0.39, 0.29) is 0 Å². The average Bonchev–Trinajstić information content (AvgIpc) is 2.58. The highest BCUT2D eigenvalue weighted by Gasteiger charge is 2.43. The number of rotatable bonds is 2. The minimum atomic E-state index is -1.08. The highest BCUT2D eigenvalue weighted by atomic mass is 79.9. The number of hydrogen-bond donors (Lipinski definition) is 0. The minimum Gasteiger partial charge on any atom is -0.374 e. The van der Waals surface area contributed by atoms with Gasteiger partial charge < -0.3 is 4.74 Å². The molecule has 1 nitrogen and oxygen atoms in total. The Hall–Kier alpha value is 0.657. The van der Waals surface area contributed by atoms with Gasteiger partial charge in [-0.3, -0.25) is 0 Å². The summed E-state index contributed by atoms with van der Waals surface area (Å²) in [4.78, 5) is 0. The Bertz CT molecular complexity index is 202. The van der Waals surface area contributed by atoms with Crippen molar-refractivity contribution in [3.63, 3.8) is 0 Å². The predicted octanol–water partition coefficient (Wildman–Crippen LogP) is 3.58. The molecule has 2 fully saturated rings. The number of fused-ring (bicyclic) bond motifs is 1. The van der Waals surface area contributed by atoms with Crippen molar-refractivity contribution >= 4 is 24.0 Å². The van der Waals surface area contributed by atoms with Crippen LogP contribution in [0.3, 0.4) is 0 Å². The van der Waals surface area contributed by atoms with Crippen molar-refractivity contribution in [2.75, 3.05) is 0 Å². The van der Waals surface area contributed by atoms with Gasteiger partial charge in [-0.25, -0.2) is 0 Å². The summed E-state index contributed by atoms with van der Waals surface area (Å²) in [6, 6.07) is 0. The summed E-state index contributed by atoms with van der Waals surface area (Å²) in [6.45, 7) is 7.26. The van der Waals surface area contributed by atoms with E-state index >= 15 is 0 Å². The van der Waals surface area contributed by atoms with Crippen LogP contribution in [0.2, 0.25) is 19.6 Å². The molecule has 0 radical (unpaired) electrons. The van der Waals surface area contributed by atoms with Crippen LogP contribution in [0.4, 0.5) is 0 Å². The second-order valence-corrected chi connectivity index (χ2v) is 13.1. The van der Waals surface area contributed by atoms with E-state index in [1.54, 1.807) is 0 Å². The lowest BCUT2D eigenvalue weighted by molar-refractivity contribution is 0.0487. The van der Waals surface area contributed by atoms with Crippen molar-refractivity contribution in [2.45, 2.75) is 62.0 Å². The molecule has 1 aliphatic carbocycles. The topological polar surface area (TPSA) is 9.23 Å². The Morgan fingerprint density at radius 1 is 1.29 bits per heavy atom. The molecule has 1 aliphatic heterocycles. The van der Waals surface area contributed by atoms with Gasteiger partial charge in [-0.1, -0.05) is 42.0 Å². The van der Waals surface area contributed by atoms with Gasteiger partial charge in [0.2, 0.25) is 0 Å². The van der Waals surface area contributed by atoms with Gasteiger partial charge in [-0.05, 0) is 25.2 Å². The zero-order chi connectivity index (χ0) is 10.3. The molecule has 0 amide bonds. The van der Waals surface area contributed by atoms with Crippen molar-refractivity contribution in [3.05, 3.63) is 0 Å². The van der Waals surface area contributed by atoms with Crippen LogP contribution in [-0.4, -0.2) is 24.7 Å². The van der Waals surface area contributed by atoms with Crippen LogP contribution in [-0.2, 0) is 4.74 Å². The minimum absolute atomic E-state index is 0.511. The van der Waals surface area contributed by atoms with Crippen LogP contribution < -0.4 is 0 Å². The van der Waals surface area contributed by atoms with Crippen molar-refractivity contribution in [1.82, 2.24) is 0 Å². The fraction of sp³-hybridized carbons (Fsp3) is 1.00. The van der Waals surface area contributed by atoms with E-state index in [0.717, 1.165) is 5.92 Å². The Morgan fingerprint density at radius 3 is 2.57 bits per heavy atom. The molecule has 1 saturated carbocycles. The van der Waals surface area contributed by atoms with Crippen LogP contribution in [0.25, 0.3) is 0 Å². The summed E-state index contributed by atoms with van der Waals surface area (Å²) in [5, 5.41) is 0. The molecule has 1 heterocycles. The Kier molecular flexibility index (Phi) is 3.11. The third-order valence-corrected chi connectivity index (χ3v) is 10.4. The molecule has 14 heavy (non-hydrogen) atoms. The van der Waals surface area contributed by atoms with Crippen molar-refractivity contribution in [1.29, 1.82) is 0 Å². The lowest BCUT2D eigenvalue weighted by Crippen LogP contribution is -2.42. The van der Waals surface area contributed by atoms with Crippen LogP contribution in [0, 0.1) is 5.92 Å². The van der Waals surface area contributed by atoms with E-state index < -0.39 is 8.07 Å². The number of halogens is 1. The van der Waals surface area contributed by atoms with E-state index in [2.05, 4.69) is 35.6 Å². The molecule has 0 N–H and O–H groups in total. The second kappa shape index (κ2) is 3.91. The first kappa shape index (κ1) is 11.2. The number of alkyl halides is 1. The van der Waals surface area contributed by atoms with Crippen LogP contribution in [0.15, 0.2) is 0 Å². The molecule has 0 unspecified atom stereocenters. The largest absolute Gasteiger partial charge is 0.374 e. The smallest absolute Gasteiger partial charge is 0.0682 e. The Balaban J connectivity index is 1.96. The molecule has 0 aromatic rings. The third-order valence-electron chi connectivity index (χ3n) is 3.63. The summed E-state index contributed by atoms with van der Waals surface area (Å²) in [5.41, 5.74) is 0. The molecule has 0 bridgehead atoms. The highest BCUT2D eigenvalue weighted by Crippen LogP contribution is 2.42. The standard InChI is InChI=1S/C11H21BrOSi/c1-14(2,3)11(12)10-7-8-5-4-6-9(8)13-10/h8-11H,4-7H2,1-3H3/t8-,9+,10+,11-/m1/s1. The first-order valence-electron chi connectivity index (χ1n) is 5.78. The molecule has 0 spiro atoms. The molecule has 2 aliphatic rings. The Morgan fingerprint density at radius 2 is 2.00 bits per heavy atom. The van der Waals surface area contributed by atoms with Crippen molar-refractivity contribution in [3.8, 4) is 0 Å². The molecule has 2 rings (SSSR count). The maximum absolute atomic E-state index is 6.16. The quantitative estimate of drug-likeness (QED) is 0.553. The van der Waals surface area contributed by atoms with E-state index in [1.165, 1.54) is 25.7 Å². The van der Waals surface area contributed by atoms with Gasteiger partial charge in [-0.15, -0.1) is 0 Å². The van der Waals surface area contributed by atoms with E-state index in [0.29, 0.717) is 16.7 Å². The van der Waals surface area contributed by atoms with Gasteiger partial charge in [0.15, 0.2) is 0 Å². The maximum atomic E-state index is 6.16. The zero-order valence-electron chi connectivity index (χ0n) is 9.42. The molecule has 0 aromatic carbocycles. The first-order valence-corrected chi connectivity index (χ1v) is 10.3. The van der Waals surface area contributed by atoms with Gasteiger partial charge in [0.05, 0.1) is 20.3 Å². The summed E-state index contributed by atoms with van der Waals surface area (Å²) in [6.07, 6.45) is 6.54. The predicted molar refractivity (Wildman–Crippen MR) is 66.7 cm³/mol. The van der Waals surface area contributed by atoms with Gasteiger partial charge in [0.25, 0.3) is 0 Å². The lowest BCUT2D eigenvalue weighted by Gasteiger charge is -2.29. The fourth-order valence-electron chi connectivity index (χ4n) is 2.78. The SMILES string of the molecule is C[Si](C)(C)[C@@H](Br)[C@@H]1C[C@H]2CCC[C@@H]2O1. The zero-order valence-corrected chi connectivity index (χ0v) is 12.0. The number of ether oxygens (including phenoxy) is 1. The van der Waals surface area contributed by atoms with E-state index in [4.69, 9.17) is 4.74 Å².